The van der Waals surface area contributed by atoms with Crippen LogP contribution < -0.4 is 5.73 Å². The minimum absolute atomic E-state index is 0.0229. The zero-order valence-corrected chi connectivity index (χ0v) is 7.56. The Labute approximate surface area is 74.6 Å². The monoisotopic (exact) mass is 186 g/mol. The maximum atomic E-state index is 11.3. The highest BCUT2D eigenvalue weighted by molar-refractivity contribution is 8.00. The van der Waals surface area contributed by atoms with Gasteiger partial charge in [0.2, 0.25) is 5.60 Å². The van der Waals surface area contributed by atoms with Crippen molar-refractivity contribution in [1.82, 2.24) is 0 Å². The van der Waals surface area contributed by atoms with Crippen molar-refractivity contribution >= 4 is 23.7 Å². The lowest BCUT2D eigenvalue weighted by atomic mass is 10.0. The van der Waals surface area contributed by atoms with Gasteiger partial charge in [-0.15, -0.1) is 0 Å². The van der Waals surface area contributed by atoms with Crippen molar-refractivity contribution in [2.75, 3.05) is 5.75 Å². The maximum Gasteiger partial charge on any atom is 0.295 e. The van der Waals surface area contributed by atoms with Crippen LogP contribution in [0.25, 0.3) is 0 Å². The van der Waals surface area contributed by atoms with Gasteiger partial charge < -0.3 is 10.5 Å². The van der Waals surface area contributed by atoms with E-state index in [0.717, 1.165) is 6.42 Å². The highest BCUT2D eigenvalue weighted by Crippen LogP contribution is 2.39. The Bertz CT molecular complexity index is 266. The molecule has 0 radical (unpaired) electrons. The molecule has 2 atom stereocenters. The predicted octanol–water partition coefficient (Wildman–Crippen LogP) is 0.122. The molecular formula is C7H10N2O2S. The first-order chi connectivity index (χ1) is 5.62. The second-order valence-electron chi connectivity index (χ2n) is 3.18. The lowest BCUT2D eigenvalue weighted by Gasteiger charge is -2.18. The van der Waals surface area contributed by atoms with Crippen molar-refractivity contribution in [3.05, 3.63) is 0 Å². The topological polar surface area (TPSA) is 64.7 Å². The lowest BCUT2D eigenvalue weighted by Crippen LogP contribution is -2.38. The third-order valence-electron chi connectivity index (χ3n) is 2.12. The van der Waals surface area contributed by atoms with Crippen molar-refractivity contribution < 1.29 is 9.53 Å². The summed E-state index contributed by atoms with van der Waals surface area (Å²) >= 11 is 1.72. The second kappa shape index (κ2) is 2.39. The highest BCUT2D eigenvalue weighted by Gasteiger charge is 2.50. The molecule has 2 rings (SSSR count). The number of amides is 1. The number of nitrogens with zero attached hydrogens (tertiary/aromatic N) is 1. The van der Waals surface area contributed by atoms with Gasteiger partial charge >= 0.3 is 0 Å². The number of amidine groups is 1. The Morgan fingerprint density at radius 2 is 2.58 bits per heavy atom. The fourth-order valence-electron chi connectivity index (χ4n) is 1.55. The normalized spacial score (nSPS) is 40.2. The fourth-order valence-corrected chi connectivity index (χ4v) is 2.79. The molecule has 0 aromatic heterocycles. The molecule has 1 fully saturated rings. The van der Waals surface area contributed by atoms with Crippen LogP contribution in [-0.4, -0.2) is 28.5 Å². The molecular weight excluding hydrogens is 176 g/mol. The third kappa shape index (κ3) is 0.998. The van der Waals surface area contributed by atoms with E-state index >= 15 is 0 Å². The number of aliphatic imine (C=N–C) groups is 1. The molecule has 4 nitrogen and oxygen atoms in total. The Morgan fingerprint density at radius 3 is 3.00 bits per heavy atom. The van der Waals surface area contributed by atoms with E-state index in [0.29, 0.717) is 11.0 Å². The number of carbonyl (C=O) groups is 1. The summed E-state index contributed by atoms with van der Waals surface area (Å²) in [6.07, 6.45) is 0.723. The molecule has 12 heavy (non-hydrogen) atoms. The van der Waals surface area contributed by atoms with Crippen molar-refractivity contribution in [2.45, 2.75) is 24.2 Å². The van der Waals surface area contributed by atoms with Crippen LogP contribution in [0.5, 0.6) is 0 Å². The summed E-state index contributed by atoms with van der Waals surface area (Å²) in [4.78, 5) is 14.9. The van der Waals surface area contributed by atoms with E-state index < -0.39 is 5.60 Å². The smallest absolute Gasteiger partial charge is 0.295 e. The van der Waals surface area contributed by atoms with Crippen LogP contribution in [0.3, 0.4) is 0 Å². The summed E-state index contributed by atoms with van der Waals surface area (Å²) < 4.78 is 5.25. The van der Waals surface area contributed by atoms with E-state index in [1.165, 1.54) is 0 Å². The van der Waals surface area contributed by atoms with Gasteiger partial charge in [-0.1, -0.05) is 6.92 Å². The van der Waals surface area contributed by atoms with E-state index in [1.54, 1.807) is 11.8 Å². The van der Waals surface area contributed by atoms with E-state index in [-0.39, 0.29) is 11.9 Å². The SMILES string of the molecule is CC1CC2(CS1)OC(N)=NC2=O. The van der Waals surface area contributed by atoms with E-state index in [4.69, 9.17) is 10.5 Å². The quantitative estimate of drug-likeness (QED) is 0.583. The van der Waals surface area contributed by atoms with Crippen molar-refractivity contribution in [2.24, 2.45) is 10.7 Å². The number of ether oxygens (including phenoxy) is 1. The molecule has 66 valence electrons. The van der Waals surface area contributed by atoms with Gasteiger partial charge in [-0.05, 0) is 0 Å². The number of carbonyl (C=O) groups excluding carboxylic acids is 1. The van der Waals surface area contributed by atoms with Crippen LogP contribution in [0, 0.1) is 0 Å². The fraction of sp³-hybridized carbons (Fsp3) is 0.714. The number of rotatable bonds is 0. The first-order valence-electron chi connectivity index (χ1n) is 3.82. The Kier molecular flexibility index (Phi) is 1.57. The molecule has 0 aliphatic carbocycles. The molecule has 5 heteroatoms. The highest BCUT2D eigenvalue weighted by atomic mass is 32.2. The van der Waals surface area contributed by atoms with Crippen LogP contribution >= 0.6 is 11.8 Å². The summed E-state index contributed by atoms with van der Waals surface area (Å²) in [5.74, 6) is 0.467. The van der Waals surface area contributed by atoms with Crippen LogP contribution in [0.15, 0.2) is 4.99 Å². The van der Waals surface area contributed by atoms with Gasteiger partial charge in [0.15, 0.2) is 0 Å². The summed E-state index contributed by atoms with van der Waals surface area (Å²) in [5.41, 5.74) is 4.61. The minimum atomic E-state index is -0.714. The molecule has 0 aromatic rings. The Morgan fingerprint density at radius 1 is 1.83 bits per heavy atom. The van der Waals surface area contributed by atoms with Crippen LogP contribution in [0.2, 0.25) is 0 Å². The second-order valence-corrected chi connectivity index (χ2v) is 4.60. The van der Waals surface area contributed by atoms with Crippen molar-refractivity contribution in [3.63, 3.8) is 0 Å². The van der Waals surface area contributed by atoms with Crippen LogP contribution in [0.1, 0.15) is 13.3 Å². The summed E-state index contributed by atoms with van der Waals surface area (Å²) in [7, 11) is 0. The summed E-state index contributed by atoms with van der Waals surface area (Å²) in [5, 5.41) is 0.454. The first kappa shape index (κ1) is 7.91. The molecule has 1 spiro atoms. The molecule has 1 amide bonds. The van der Waals surface area contributed by atoms with E-state index in [2.05, 4.69) is 11.9 Å². The molecule has 0 bridgehead atoms. The van der Waals surface area contributed by atoms with E-state index in [1.807, 2.05) is 0 Å². The first-order valence-corrected chi connectivity index (χ1v) is 4.86. The average molecular weight is 186 g/mol. The lowest BCUT2D eigenvalue weighted by molar-refractivity contribution is -0.129. The maximum absolute atomic E-state index is 11.3. The van der Waals surface area contributed by atoms with Gasteiger partial charge in [-0.25, -0.2) is 0 Å². The number of nitrogens with two attached hydrogens (primary N) is 1. The summed E-state index contributed by atoms with van der Waals surface area (Å²) in [6, 6.07) is 0.0229. The van der Waals surface area contributed by atoms with Crippen LogP contribution in [-0.2, 0) is 9.53 Å². The zero-order valence-electron chi connectivity index (χ0n) is 6.74. The number of thioether (sulfide) groups is 1. The molecule has 2 aliphatic rings. The molecule has 2 unspecified atom stereocenters. The van der Waals surface area contributed by atoms with Gasteiger partial charge in [-0.2, -0.15) is 16.8 Å². The van der Waals surface area contributed by atoms with Gasteiger partial charge in [-0.3, -0.25) is 4.79 Å². The standard InChI is InChI=1S/C7H10N2O2S/c1-4-2-7(3-12-4)5(10)9-6(8)11-7/h4H,2-3H2,1H3,(H2,8,9,10). The third-order valence-corrected chi connectivity index (χ3v) is 3.49. The zero-order chi connectivity index (χ0) is 8.77. The molecule has 1 saturated heterocycles. The van der Waals surface area contributed by atoms with Gasteiger partial charge in [0.25, 0.3) is 11.9 Å². The van der Waals surface area contributed by atoms with Crippen LogP contribution in [0.4, 0.5) is 0 Å². The van der Waals surface area contributed by atoms with Gasteiger partial charge in [0.1, 0.15) is 0 Å². The molecule has 2 heterocycles. The number of hydrogen-bond acceptors (Lipinski definition) is 4. The van der Waals surface area contributed by atoms with Crippen molar-refractivity contribution in [3.8, 4) is 0 Å². The number of hydrogen-bond donors (Lipinski definition) is 1. The average Bonchev–Trinajstić information content (AvgIpc) is 2.43. The summed E-state index contributed by atoms with van der Waals surface area (Å²) in [6.45, 7) is 2.07. The molecule has 2 N–H and O–H groups in total. The largest absolute Gasteiger partial charge is 0.447 e. The Hall–Kier alpha value is -0.710. The Balaban J connectivity index is 2.21. The van der Waals surface area contributed by atoms with E-state index in [9.17, 15) is 4.79 Å². The molecule has 0 aromatic carbocycles. The van der Waals surface area contributed by atoms with Gasteiger partial charge in [0, 0.05) is 17.4 Å². The molecule has 2 aliphatic heterocycles. The predicted molar refractivity (Wildman–Crippen MR) is 47.0 cm³/mol. The molecule has 0 saturated carbocycles. The van der Waals surface area contributed by atoms with Crippen molar-refractivity contribution in [1.29, 1.82) is 0 Å². The van der Waals surface area contributed by atoms with Gasteiger partial charge in [0.05, 0.1) is 0 Å². The minimum Gasteiger partial charge on any atom is -0.447 e.